The van der Waals surface area contributed by atoms with Crippen molar-refractivity contribution < 1.29 is 58.2 Å². The molecule has 0 aromatic carbocycles. The number of hydrogen-bond donors (Lipinski definition) is 3. The summed E-state index contributed by atoms with van der Waals surface area (Å²) < 4.78 is 19.6. The lowest BCUT2D eigenvalue weighted by Crippen LogP contribution is -2.13. The van der Waals surface area contributed by atoms with Gasteiger partial charge in [0.15, 0.2) is 0 Å². The lowest BCUT2D eigenvalue weighted by Gasteiger charge is -2.12. The Morgan fingerprint density at radius 3 is 0.929 bits per heavy atom. The van der Waals surface area contributed by atoms with E-state index in [-0.39, 0.29) is 29.9 Å². The van der Waals surface area contributed by atoms with Gasteiger partial charge in [-0.25, -0.2) is 24.0 Å². The second kappa shape index (κ2) is 31.5. The zero-order chi connectivity index (χ0) is 34.3. The van der Waals surface area contributed by atoms with Crippen molar-refractivity contribution in [3.05, 3.63) is 61.8 Å². The summed E-state index contributed by atoms with van der Waals surface area (Å²) >= 11 is 0. The maximum Gasteiger partial charge on any atom is 0.330 e. The highest BCUT2D eigenvalue weighted by molar-refractivity contribution is 5.85. The van der Waals surface area contributed by atoms with Crippen molar-refractivity contribution >= 4 is 29.8 Å². The highest BCUT2D eigenvalue weighted by Gasteiger charge is 2.03. The third kappa shape index (κ3) is 56.2. The number of aliphatic carboxylic acids is 3. The molecule has 0 unspecified atom stereocenters. The summed E-state index contributed by atoms with van der Waals surface area (Å²) in [7, 11) is 0. The van der Waals surface area contributed by atoms with Gasteiger partial charge in [-0.15, -0.1) is 0 Å². The lowest BCUT2D eigenvalue weighted by molar-refractivity contribution is -0.141. The van der Waals surface area contributed by atoms with Gasteiger partial charge in [0, 0.05) is 28.9 Å². The molecule has 0 fully saturated rings. The van der Waals surface area contributed by atoms with E-state index < -0.39 is 29.8 Å². The first kappa shape index (κ1) is 47.7. The number of carbonyl (C=O) groups excluding carboxylic acids is 2. The molecule has 0 aromatic heterocycles. The third-order valence-electron chi connectivity index (χ3n) is 3.81. The molecule has 42 heavy (non-hydrogen) atoms. The minimum absolute atomic E-state index is 0.176. The highest BCUT2D eigenvalue weighted by atomic mass is 16.6. The number of hydrogen-bond acceptors (Lipinski definition) is 9. The average Bonchev–Trinajstić information content (AvgIpc) is 2.90. The average molecular weight is 603 g/mol. The van der Waals surface area contributed by atoms with E-state index in [0.29, 0.717) is 31.8 Å². The molecule has 0 atom stereocenters. The molecule has 0 rings (SSSR count). The Morgan fingerprint density at radius 2 is 0.786 bits per heavy atom. The van der Waals surface area contributed by atoms with E-state index in [1.807, 2.05) is 0 Å². The summed E-state index contributed by atoms with van der Waals surface area (Å²) in [4.78, 5) is 50.1. The minimum Gasteiger partial charge on any atom is -0.478 e. The standard InChI is InChI=1S/C12H18O6.C6H14.3C4H6O2/c1-3-11(13)17-9-7-15-5-6-16-8-10-18-12(14)4-2;1-5-6(2,3)4;3*1-3(2)4(5)6/h3-4H,1-2,5-10H2;5H2,1-4H3;3*1H2,2H3,(H,5,6). The van der Waals surface area contributed by atoms with Crippen LogP contribution in [0.4, 0.5) is 0 Å². The Balaban J connectivity index is -0.000000156. The minimum atomic E-state index is -0.935. The Labute approximate surface area is 250 Å². The van der Waals surface area contributed by atoms with E-state index >= 15 is 0 Å². The van der Waals surface area contributed by atoms with Crippen LogP contribution in [0.2, 0.25) is 0 Å². The zero-order valence-electron chi connectivity index (χ0n) is 26.2. The summed E-state index contributed by atoms with van der Waals surface area (Å²) in [5.41, 5.74) is 1.07. The Morgan fingerprint density at radius 1 is 0.595 bits per heavy atom. The number of carboxylic acids is 3. The molecule has 0 aliphatic rings. The maximum atomic E-state index is 10.6. The molecule has 0 aliphatic heterocycles. The van der Waals surface area contributed by atoms with Crippen LogP contribution >= 0.6 is 0 Å². The first-order chi connectivity index (χ1) is 19.2. The van der Waals surface area contributed by atoms with Crippen molar-refractivity contribution in [2.45, 2.75) is 54.9 Å². The van der Waals surface area contributed by atoms with Gasteiger partial charge in [-0.3, -0.25) is 0 Å². The van der Waals surface area contributed by atoms with Gasteiger partial charge in [0.1, 0.15) is 13.2 Å². The largest absolute Gasteiger partial charge is 0.478 e. The smallest absolute Gasteiger partial charge is 0.330 e. The monoisotopic (exact) mass is 602 g/mol. The normalized spacial score (nSPS) is 9.02. The fourth-order valence-electron chi connectivity index (χ4n) is 0.842. The third-order valence-corrected chi connectivity index (χ3v) is 3.81. The van der Waals surface area contributed by atoms with Crippen LogP contribution in [-0.4, -0.2) is 84.8 Å². The maximum absolute atomic E-state index is 10.6. The molecule has 12 nitrogen and oxygen atoms in total. The van der Waals surface area contributed by atoms with E-state index in [9.17, 15) is 24.0 Å². The van der Waals surface area contributed by atoms with Crippen LogP contribution < -0.4 is 0 Å². The Bertz CT molecular complexity index is 743. The zero-order valence-corrected chi connectivity index (χ0v) is 26.2. The van der Waals surface area contributed by atoms with Gasteiger partial charge in [0.25, 0.3) is 0 Å². The predicted molar refractivity (Wildman–Crippen MR) is 161 cm³/mol. The molecule has 0 saturated carbocycles. The summed E-state index contributed by atoms with van der Waals surface area (Å²) in [5.74, 6) is -3.75. The summed E-state index contributed by atoms with van der Waals surface area (Å²) in [6.45, 7) is 31.0. The highest BCUT2D eigenvalue weighted by Crippen LogP contribution is 2.16. The summed E-state index contributed by atoms with van der Waals surface area (Å²) in [6, 6.07) is 0. The molecule has 242 valence electrons. The predicted octanol–water partition coefficient (Wildman–Crippen LogP) is 4.86. The molecule has 0 heterocycles. The van der Waals surface area contributed by atoms with Crippen molar-refractivity contribution in [3.63, 3.8) is 0 Å². The van der Waals surface area contributed by atoms with Crippen molar-refractivity contribution in [2.75, 3.05) is 39.6 Å². The van der Waals surface area contributed by atoms with Gasteiger partial charge in [-0.1, -0.05) is 67.0 Å². The number of carboxylic acid groups (broad SMARTS) is 3. The van der Waals surface area contributed by atoms with Gasteiger partial charge in [-0.2, -0.15) is 0 Å². The van der Waals surface area contributed by atoms with Crippen LogP contribution in [0.1, 0.15) is 54.9 Å². The van der Waals surface area contributed by atoms with Crippen LogP contribution in [0.3, 0.4) is 0 Å². The second-order valence-electron chi connectivity index (χ2n) is 9.14. The molecule has 0 aliphatic carbocycles. The van der Waals surface area contributed by atoms with E-state index in [4.69, 9.17) is 24.8 Å². The van der Waals surface area contributed by atoms with Gasteiger partial charge in [0.2, 0.25) is 0 Å². The topological polar surface area (TPSA) is 183 Å². The molecule has 0 saturated heterocycles. The molecule has 0 spiro atoms. The van der Waals surface area contributed by atoms with Crippen LogP contribution in [0.5, 0.6) is 0 Å². The molecule has 3 N–H and O–H groups in total. The fraction of sp³-hybridized carbons (Fsp3) is 0.500. The van der Waals surface area contributed by atoms with Crippen LogP contribution in [-0.2, 0) is 42.9 Å². The van der Waals surface area contributed by atoms with Crippen LogP contribution in [0.15, 0.2) is 61.8 Å². The summed E-state index contributed by atoms with van der Waals surface area (Å²) in [5, 5.41) is 23.7. The van der Waals surface area contributed by atoms with Crippen molar-refractivity contribution in [1.29, 1.82) is 0 Å². The summed E-state index contributed by atoms with van der Waals surface area (Å²) in [6.07, 6.45) is 3.45. The van der Waals surface area contributed by atoms with E-state index in [2.05, 4.69) is 70.1 Å². The molecule has 0 radical (unpaired) electrons. The van der Waals surface area contributed by atoms with E-state index in [1.165, 1.54) is 27.2 Å². The quantitative estimate of drug-likeness (QED) is 0.140. The lowest BCUT2D eigenvalue weighted by atomic mass is 9.94. The number of rotatable bonds is 14. The van der Waals surface area contributed by atoms with Gasteiger partial charge in [0.05, 0.1) is 26.4 Å². The number of carbonyl (C=O) groups is 5. The van der Waals surface area contributed by atoms with Gasteiger partial charge < -0.3 is 34.3 Å². The van der Waals surface area contributed by atoms with E-state index in [1.54, 1.807) is 0 Å². The molecule has 0 bridgehead atoms. The van der Waals surface area contributed by atoms with Crippen LogP contribution in [0, 0.1) is 5.41 Å². The fourth-order valence-corrected chi connectivity index (χ4v) is 0.842. The molecular formula is C30H50O12. The number of esters is 2. The first-order valence-electron chi connectivity index (χ1n) is 12.6. The van der Waals surface area contributed by atoms with E-state index in [0.717, 1.165) is 12.2 Å². The molecule has 0 amide bonds. The van der Waals surface area contributed by atoms with Crippen molar-refractivity contribution in [1.82, 2.24) is 0 Å². The van der Waals surface area contributed by atoms with Gasteiger partial charge >= 0.3 is 29.8 Å². The van der Waals surface area contributed by atoms with Crippen molar-refractivity contribution in [3.8, 4) is 0 Å². The van der Waals surface area contributed by atoms with Crippen LogP contribution in [0.25, 0.3) is 0 Å². The Hall–Kier alpha value is -4.03. The first-order valence-corrected chi connectivity index (χ1v) is 12.6. The molecular weight excluding hydrogens is 552 g/mol. The second-order valence-corrected chi connectivity index (χ2v) is 9.14. The van der Waals surface area contributed by atoms with Crippen molar-refractivity contribution in [2.24, 2.45) is 5.41 Å². The van der Waals surface area contributed by atoms with Gasteiger partial charge in [-0.05, 0) is 26.2 Å². The Kier molecular flexibility index (Phi) is 35.8. The molecule has 12 heteroatoms. The SMILES string of the molecule is C=C(C)C(=O)O.C=C(C)C(=O)O.C=C(C)C(=O)O.C=CC(=O)OCCOCCOCCOC(=O)C=C.CCC(C)(C)C. The molecule has 0 aromatic rings. The number of ether oxygens (including phenoxy) is 4.